The number of hydrogen-bond acceptors (Lipinski definition) is 6. The van der Waals surface area contributed by atoms with Gasteiger partial charge >= 0.3 is 17.9 Å². The first-order valence-corrected chi connectivity index (χ1v) is 12.4. The van der Waals surface area contributed by atoms with Gasteiger partial charge in [0.05, 0.1) is 12.0 Å². The predicted molar refractivity (Wildman–Crippen MR) is 126 cm³/mol. The lowest BCUT2D eigenvalue weighted by Crippen LogP contribution is -2.33. The fraction of sp³-hybridized carbons (Fsp3) is 0.654. The minimum absolute atomic E-state index is 0.0338. The van der Waals surface area contributed by atoms with Gasteiger partial charge in [-0.15, -0.1) is 0 Å². The van der Waals surface area contributed by atoms with E-state index in [1.807, 2.05) is 0 Å². The van der Waals surface area contributed by atoms with Crippen molar-refractivity contribution in [3.8, 4) is 0 Å². The van der Waals surface area contributed by atoms with Gasteiger partial charge in [0.25, 0.3) is 0 Å². The number of carboxylic acids is 2. The summed E-state index contributed by atoms with van der Waals surface area (Å²) in [5.74, 6) is -3.78. The number of carbonyl (C=O) groups is 3. The molecule has 0 bridgehead atoms. The molecule has 1 aliphatic carbocycles. The second kappa shape index (κ2) is 12.9. The Labute approximate surface area is 201 Å². The molecule has 188 valence electrons. The fourth-order valence-corrected chi connectivity index (χ4v) is 5.09. The molecule has 8 heteroatoms. The summed E-state index contributed by atoms with van der Waals surface area (Å²) in [6, 6.07) is 7.24. The summed E-state index contributed by atoms with van der Waals surface area (Å²) in [6.45, 7) is 2.47. The first kappa shape index (κ1) is 26.2. The van der Waals surface area contributed by atoms with E-state index in [2.05, 4.69) is 30.1 Å². The standard InChI is InChI=1S/C24H35NO3.C2H2O4/c1-25-12-4-8-22(25)17-28-24(26)21(16-23-9-5-13-27-23)15-18-10-11-19-6-2-3-7-20(19)14-18;3-1(4)2(5)6/h10-11,14,21-23H,2-9,12-13,15-17H2,1H3;(H,3,4)(H,5,6). The molecular formula is C26H37NO7. The van der Waals surface area contributed by atoms with Crippen LogP contribution in [-0.4, -0.2) is 72.0 Å². The van der Waals surface area contributed by atoms with Crippen LogP contribution in [0.4, 0.5) is 0 Å². The van der Waals surface area contributed by atoms with Crippen LogP contribution in [-0.2, 0) is 43.1 Å². The number of likely N-dealkylation sites (N-methyl/N-ethyl adjacent to an activating group) is 1. The Balaban J connectivity index is 0.000000481. The number of benzene rings is 1. The van der Waals surface area contributed by atoms with E-state index in [0.717, 1.165) is 45.3 Å². The maximum Gasteiger partial charge on any atom is 0.414 e. The van der Waals surface area contributed by atoms with E-state index in [0.29, 0.717) is 12.6 Å². The first-order chi connectivity index (χ1) is 16.3. The monoisotopic (exact) mass is 475 g/mol. The van der Waals surface area contributed by atoms with Gasteiger partial charge in [0.1, 0.15) is 6.61 Å². The van der Waals surface area contributed by atoms with Crippen LogP contribution >= 0.6 is 0 Å². The van der Waals surface area contributed by atoms with Crippen molar-refractivity contribution in [3.63, 3.8) is 0 Å². The van der Waals surface area contributed by atoms with Gasteiger partial charge in [0.2, 0.25) is 0 Å². The highest BCUT2D eigenvalue weighted by atomic mass is 16.5. The van der Waals surface area contributed by atoms with Crippen molar-refractivity contribution in [2.45, 2.75) is 76.4 Å². The SMILES string of the molecule is CN1CCCC1COC(=O)C(Cc1ccc2c(c1)CCCC2)CC1CCCO1.O=C(O)C(=O)O. The van der Waals surface area contributed by atoms with Crippen LogP contribution in [0.25, 0.3) is 0 Å². The van der Waals surface area contributed by atoms with Crippen molar-refractivity contribution in [3.05, 3.63) is 34.9 Å². The molecule has 8 nitrogen and oxygen atoms in total. The number of carbonyl (C=O) groups excluding carboxylic acids is 1. The van der Waals surface area contributed by atoms with Crippen LogP contribution in [0.1, 0.15) is 61.6 Å². The maximum atomic E-state index is 13.0. The molecule has 0 aromatic heterocycles. The zero-order valence-electron chi connectivity index (χ0n) is 20.0. The van der Waals surface area contributed by atoms with Gasteiger partial charge < -0.3 is 24.6 Å². The summed E-state index contributed by atoms with van der Waals surface area (Å²) >= 11 is 0. The fourth-order valence-electron chi connectivity index (χ4n) is 5.09. The summed E-state index contributed by atoms with van der Waals surface area (Å²) < 4.78 is 11.7. The number of fused-ring (bicyclic) bond motifs is 1. The maximum absolute atomic E-state index is 13.0. The molecule has 3 unspecified atom stereocenters. The zero-order chi connectivity index (χ0) is 24.5. The molecular weight excluding hydrogens is 438 g/mol. The van der Waals surface area contributed by atoms with Crippen molar-refractivity contribution < 1.29 is 34.1 Å². The second-order valence-corrected chi connectivity index (χ2v) is 9.60. The van der Waals surface area contributed by atoms with E-state index in [9.17, 15) is 4.79 Å². The molecule has 4 rings (SSSR count). The molecule has 0 amide bonds. The number of ether oxygens (including phenoxy) is 2. The van der Waals surface area contributed by atoms with Crippen LogP contribution in [0.2, 0.25) is 0 Å². The third-order valence-electron chi connectivity index (χ3n) is 7.07. The lowest BCUT2D eigenvalue weighted by atomic mass is 9.87. The summed E-state index contributed by atoms with van der Waals surface area (Å²) in [6.07, 6.45) is 11.2. The molecule has 3 atom stereocenters. The number of esters is 1. The topological polar surface area (TPSA) is 113 Å². The van der Waals surface area contributed by atoms with Gasteiger partial charge in [-0.1, -0.05) is 18.2 Å². The highest BCUT2D eigenvalue weighted by Crippen LogP contribution is 2.27. The van der Waals surface area contributed by atoms with Gasteiger partial charge in [0.15, 0.2) is 0 Å². The van der Waals surface area contributed by atoms with Crippen LogP contribution < -0.4 is 0 Å². The van der Waals surface area contributed by atoms with Crippen LogP contribution in [0.15, 0.2) is 18.2 Å². The molecule has 1 aromatic rings. The Morgan fingerprint density at radius 1 is 1.06 bits per heavy atom. The third-order valence-corrected chi connectivity index (χ3v) is 7.07. The highest BCUT2D eigenvalue weighted by molar-refractivity contribution is 6.27. The number of carboxylic acid groups (broad SMARTS) is 2. The van der Waals surface area contributed by atoms with Gasteiger partial charge in [-0.05, 0) is 94.5 Å². The quantitative estimate of drug-likeness (QED) is 0.457. The molecule has 2 aliphatic heterocycles. The third kappa shape index (κ3) is 7.81. The molecule has 2 heterocycles. The molecule has 1 aromatic carbocycles. The summed E-state index contributed by atoms with van der Waals surface area (Å²) in [4.78, 5) is 33.5. The largest absolute Gasteiger partial charge is 0.473 e. The van der Waals surface area contributed by atoms with E-state index in [1.165, 1.54) is 48.8 Å². The van der Waals surface area contributed by atoms with Crippen molar-refractivity contribution in [2.75, 3.05) is 26.8 Å². The van der Waals surface area contributed by atoms with E-state index in [1.54, 1.807) is 0 Å². The predicted octanol–water partition coefficient (Wildman–Crippen LogP) is 3.09. The molecule has 0 radical (unpaired) electrons. The summed E-state index contributed by atoms with van der Waals surface area (Å²) in [7, 11) is 2.13. The number of nitrogens with zero attached hydrogens (tertiary/aromatic N) is 1. The average Bonchev–Trinajstić information content (AvgIpc) is 3.49. The van der Waals surface area contributed by atoms with Crippen molar-refractivity contribution in [1.29, 1.82) is 0 Å². The lowest BCUT2D eigenvalue weighted by Gasteiger charge is -2.23. The summed E-state index contributed by atoms with van der Waals surface area (Å²) in [5.41, 5.74) is 4.26. The average molecular weight is 476 g/mol. The minimum atomic E-state index is -1.82. The Kier molecular flexibility index (Phi) is 9.89. The van der Waals surface area contributed by atoms with E-state index >= 15 is 0 Å². The lowest BCUT2D eigenvalue weighted by molar-refractivity contribution is -0.159. The normalized spacial score (nSPS) is 22.9. The van der Waals surface area contributed by atoms with E-state index < -0.39 is 11.9 Å². The van der Waals surface area contributed by atoms with Crippen molar-refractivity contribution in [2.24, 2.45) is 5.92 Å². The minimum Gasteiger partial charge on any atom is -0.473 e. The van der Waals surface area contributed by atoms with Crippen LogP contribution in [0.5, 0.6) is 0 Å². The summed E-state index contributed by atoms with van der Waals surface area (Å²) in [5, 5.41) is 14.8. The van der Waals surface area contributed by atoms with Crippen LogP contribution in [0.3, 0.4) is 0 Å². The van der Waals surface area contributed by atoms with Crippen molar-refractivity contribution in [1.82, 2.24) is 4.90 Å². The first-order valence-electron chi connectivity index (χ1n) is 12.4. The Morgan fingerprint density at radius 2 is 1.79 bits per heavy atom. The zero-order valence-corrected chi connectivity index (χ0v) is 20.0. The van der Waals surface area contributed by atoms with E-state index in [-0.39, 0.29) is 18.0 Å². The molecule has 2 fully saturated rings. The smallest absolute Gasteiger partial charge is 0.414 e. The second-order valence-electron chi connectivity index (χ2n) is 9.60. The number of aryl methyl sites for hydroxylation is 2. The molecule has 34 heavy (non-hydrogen) atoms. The van der Waals surface area contributed by atoms with Gasteiger partial charge in [-0.3, -0.25) is 4.79 Å². The molecule has 2 N–H and O–H groups in total. The van der Waals surface area contributed by atoms with Gasteiger partial charge in [-0.2, -0.15) is 0 Å². The van der Waals surface area contributed by atoms with Gasteiger partial charge in [-0.25, -0.2) is 9.59 Å². The molecule has 0 spiro atoms. The molecule has 0 saturated carbocycles. The van der Waals surface area contributed by atoms with Crippen LogP contribution in [0, 0.1) is 5.92 Å². The highest BCUT2D eigenvalue weighted by Gasteiger charge is 2.29. The number of likely N-dealkylation sites (tertiary alicyclic amines) is 1. The Hall–Kier alpha value is -2.45. The van der Waals surface area contributed by atoms with E-state index in [4.69, 9.17) is 29.3 Å². The molecule has 3 aliphatic rings. The number of aliphatic carboxylic acids is 2. The number of rotatable bonds is 7. The Bertz CT molecular complexity index is 838. The van der Waals surface area contributed by atoms with Crippen molar-refractivity contribution >= 4 is 17.9 Å². The molecule has 2 saturated heterocycles. The Morgan fingerprint density at radius 3 is 2.41 bits per heavy atom. The number of hydrogen-bond donors (Lipinski definition) is 2. The van der Waals surface area contributed by atoms with Gasteiger partial charge in [0, 0.05) is 12.6 Å².